The van der Waals surface area contributed by atoms with Gasteiger partial charge < -0.3 is 0 Å². The second-order valence-electron chi connectivity index (χ2n) is 3.06. The quantitative estimate of drug-likeness (QED) is 0.508. The van der Waals surface area contributed by atoms with E-state index in [0.29, 0.717) is 6.42 Å². The number of hydrogen-bond donors (Lipinski definition) is 0. The summed E-state index contributed by atoms with van der Waals surface area (Å²) in [4.78, 5) is 11.5. The zero-order chi connectivity index (χ0) is 9.68. The lowest BCUT2D eigenvalue weighted by Gasteiger charge is -1.97. The Labute approximate surface area is 79.1 Å². The van der Waals surface area contributed by atoms with Crippen molar-refractivity contribution in [3.05, 3.63) is 47.5 Å². The molecule has 68 valence electrons. The summed E-state index contributed by atoms with van der Waals surface area (Å²) in [6, 6.07) is 7.67. The first kappa shape index (κ1) is 9.72. The minimum Gasteiger partial charge on any atom is -0.294 e. The molecule has 0 spiro atoms. The topological polar surface area (TPSA) is 17.1 Å². The molecule has 0 saturated heterocycles. The second-order valence-corrected chi connectivity index (χ2v) is 3.06. The molecular weight excluding hydrogens is 160 g/mol. The van der Waals surface area contributed by atoms with E-state index in [-0.39, 0.29) is 5.78 Å². The summed E-state index contributed by atoms with van der Waals surface area (Å²) in [6.07, 6.45) is 4.27. The van der Waals surface area contributed by atoms with E-state index in [2.05, 4.69) is 0 Å². The van der Waals surface area contributed by atoms with E-state index in [9.17, 15) is 4.79 Å². The third-order valence-electron chi connectivity index (χ3n) is 1.91. The normalized spacial score (nSPS) is 10.6. The van der Waals surface area contributed by atoms with Gasteiger partial charge >= 0.3 is 0 Å². The van der Waals surface area contributed by atoms with Crippen molar-refractivity contribution in [3.63, 3.8) is 0 Å². The van der Waals surface area contributed by atoms with Gasteiger partial charge in [0.15, 0.2) is 5.78 Å². The molecule has 1 aromatic rings. The molecule has 0 heterocycles. The van der Waals surface area contributed by atoms with Crippen LogP contribution in [0.4, 0.5) is 0 Å². The minimum atomic E-state index is 0.179. The standard InChI is InChI=1S/C12H14O/c1-3-4-5-12(13)11-8-6-10(2)7-9-11/h3-4,6-9H,5H2,1-2H3/b4-3+. The molecule has 0 aliphatic rings. The Morgan fingerprint density at radius 2 is 1.92 bits per heavy atom. The molecule has 0 amide bonds. The maximum atomic E-state index is 11.5. The first-order valence-corrected chi connectivity index (χ1v) is 4.45. The number of allylic oxidation sites excluding steroid dienone is 2. The van der Waals surface area contributed by atoms with Crippen LogP contribution in [0.2, 0.25) is 0 Å². The van der Waals surface area contributed by atoms with Crippen LogP contribution in [-0.4, -0.2) is 5.78 Å². The lowest BCUT2D eigenvalue weighted by molar-refractivity contribution is 0.0996. The van der Waals surface area contributed by atoms with Crippen molar-refractivity contribution >= 4 is 5.78 Å². The maximum Gasteiger partial charge on any atom is 0.166 e. The molecule has 0 atom stereocenters. The smallest absolute Gasteiger partial charge is 0.166 e. The Hall–Kier alpha value is -1.37. The highest BCUT2D eigenvalue weighted by atomic mass is 16.1. The zero-order valence-corrected chi connectivity index (χ0v) is 8.08. The molecule has 0 N–H and O–H groups in total. The summed E-state index contributed by atoms with van der Waals surface area (Å²) in [5.74, 6) is 0.179. The van der Waals surface area contributed by atoms with Crippen molar-refractivity contribution in [1.29, 1.82) is 0 Å². The summed E-state index contributed by atoms with van der Waals surface area (Å²) in [7, 11) is 0. The van der Waals surface area contributed by atoms with Gasteiger partial charge in [-0.05, 0) is 13.8 Å². The molecule has 0 saturated carbocycles. The van der Waals surface area contributed by atoms with Crippen LogP contribution in [0.5, 0.6) is 0 Å². The highest BCUT2D eigenvalue weighted by Gasteiger charge is 2.01. The second kappa shape index (κ2) is 4.61. The highest BCUT2D eigenvalue weighted by molar-refractivity contribution is 5.96. The van der Waals surface area contributed by atoms with E-state index < -0.39 is 0 Å². The first-order valence-electron chi connectivity index (χ1n) is 4.45. The van der Waals surface area contributed by atoms with Gasteiger partial charge in [-0.25, -0.2) is 0 Å². The van der Waals surface area contributed by atoms with Gasteiger partial charge in [0.2, 0.25) is 0 Å². The molecule has 1 aromatic carbocycles. The molecule has 0 aromatic heterocycles. The third-order valence-corrected chi connectivity index (χ3v) is 1.91. The molecular formula is C12H14O. The fourth-order valence-electron chi connectivity index (χ4n) is 1.08. The predicted octanol–water partition coefficient (Wildman–Crippen LogP) is 3.14. The van der Waals surface area contributed by atoms with Crippen LogP contribution >= 0.6 is 0 Å². The average molecular weight is 174 g/mol. The molecule has 0 radical (unpaired) electrons. The summed E-state index contributed by atoms with van der Waals surface area (Å²) >= 11 is 0. The number of Topliss-reactive ketones (excluding diaryl/α,β-unsaturated/α-hetero) is 1. The van der Waals surface area contributed by atoms with Gasteiger partial charge in [-0.3, -0.25) is 4.79 Å². The molecule has 1 rings (SSSR count). The summed E-state index contributed by atoms with van der Waals surface area (Å²) < 4.78 is 0. The molecule has 13 heavy (non-hydrogen) atoms. The predicted molar refractivity (Wildman–Crippen MR) is 54.9 cm³/mol. The Kier molecular flexibility index (Phi) is 3.44. The molecule has 0 unspecified atom stereocenters. The van der Waals surface area contributed by atoms with Crippen molar-refractivity contribution in [2.45, 2.75) is 20.3 Å². The van der Waals surface area contributed by atoms with E-state index >= 15 is 0 Å². The largest absolute Gasteiger partial charge is 0.294 e. The van der Waals surface area contributed by atoms with E-state index in [1.54, 1.807) is 0 Å². The fraction of sp³-hybridized carbons (Fsp3) is 0.250. The highest BCUT2D eigenvalue weighted by Crippen LogP contribution is 2.06. The number of benzene rings is 1. The van der Waals surface area contributed by atoms with Gasteiger partial charge in [0.1, 0.15) is 0 Å². The fourth-order valence-corrected chi connectivity index (χ4v) is 1.08. The summed E-state index contributed by atoms with van der Waals surface area (Å²) in [5.41, 5.74) is 1.98. The molecule has 0 aliphatic carbocycles. The Balaban J connectivity index is 2.72. The van der Waals surface area contributed by atoms with Crippen molar-refractivity contribution in [2.24, 2.45) is 0 Å². The van der Waals surface area contributed by atoms with Crippen LogP contribution in [0.25, 0.3) is 0 Å². The van der Waals surface area contributed by atoms with Crippen LogP contribution in [0.15, 0.2) is 36.4 Å². The van der Waals surface area contributed by atoms with Gasteiger partial charge in [0.25, 0.3) is 0 Å². The van der Waals surface area contributed by atoms with Crippen LogP contribution in [0.1, 0.15) is 29.3 Å². The van der Waals surface area contributed by atoms with Crippen LogP contribution in [-0.2, 0) is 0 Å². The zero-order valence-electron chi connectivity index (χ0n) is 8.08. The van der Waals surface area contributed by atoms with Gasteiger partial charge in [-0.2, -0.15) is 0 Å². The Bertz CT molecular complexity index is 306. The maximum absolute atomic E-state index is 11.5. The summed E-state index contributed by atoms with van der Waals surface area (Å²) in [6.45, 7) is 3.93. The van der Waals surface area contributed by atoms with Crippen molar-refractivity contribution in [1.82, 2.24) is 0 Å². The first-order chi connectivity index (χ1) is 6.24. The lowest BCUT2D eigenvalue weighted by atomic mass is 10.1. The number of carbonyl (C=O) groups excluding carboxylic acids is 1. The van der Waals surface area contributed by atoms with Crippen LogP contribution in [0.3, 0.4) is 0 Å². The van der Waals surface area contributed by atoms with E-state index in [1.807, 2.05) is 50.3 Å². The monoisotopic (exact) mass is 174 g/mol. The molecule has 1 nitrogen and oxygen atoms in total. The van der Waals surface area contributed by atoms with E-state index in [1.165, 1.54) is 5.56 Å². The van der Waals surface area contributed by atoms with E-state index in [0.717, 1.165) is 5.56 Å². The van der Waals surface area contributed by atoms with Crippen LogP contribution < -0.4 is 0 Å². The SMILES string of the molecule is C/C=C/CC(=O)c1ccc(C)cc1. The minimum absolute atomic E-state index is 0.179. The van der Waals surface area contributed by atoms with Crippen molar-refractivity contribution in [2.75, 3.05) is 0 Å². The summed E-state index contributed by atoms with van der Waals surface area (Å²) in [5, 5.41) is 0. The molecule has 0 aliphatic heterocycles. The third kappa shape index (κ3) is 2.86. The van der Waals surface area contributed by atoms with Crippen molar-refractivity contribution in [3.8, 4) is 0 Å². The molecule has 0 bridgehead atoms. The van der Waals surface area contributed by atoms with Gasteiger partial charge in [-0.1, -0.05) is 42.0 Å². The molecule has 1 heteroatoms. The van der Waals surface area contributed by atoms with Gasteiger partial charge in [0, 0.05) is 12.0 Å². The van der Waals surface area contributed by atoms with Crippen LogP contribution in [0, 0.1) is 6.92 Å². The van der Waals surface area contributed by atoms with Gasteiger partial charge in [-0.15, -0.1) is 0 Å². The molecule has 0 fully saturated rings. The van der Waals surface area contributed by atoms with Gasteiger partial charge in [0.05, 0.1) is 0 Å². The van der Waals surface area contributed by atoms with E-state index in [4.69, 9.17) is 0 Å². The number of carbonyl (C=O) groups is 1. The van der Waals surface area contributed by atoms with Crippen molar-refractivity contribution < 1.29 is 4.79 Å². The Morgan fingerprint density at radius 1 is 1.31 bits per heavy atom. The number of hydrogen-bond acceptors (Lipinski definition) is 1. The number of ketones is 1. The lowest BCUT2D eigenvalue weighted by Crippen LogP contribution is -1.96. The number of rotatable bonds is 3. The average Bonchev–Trinajstić information content (AvgIpc) is 2.15. The number of aryl methyl sites for hydroxylation is 1. The Morgan fingerprint density at radius 3 is 2.46 bits per heavy atom.